The number of unbranched alkanes of at least 4 members (excludes halogenated alkanes) is 1. The summed E-state index contributed by atoms with van der Waals surface area (Å²) in [5.74, 6) is -0.796. The molecule has 0 heterocycles. The standard InChI is InChI=1S/C23H29BrClN3O4S/c1-4-5-13-26-23(30)17(2)27(15-18-7-6-8-20(25)14-18)22(29)16-28(33(3,31)32)21-11-9-19(24)10-12-21/h6-12,14,17H,4-5,13,15-16H2,1-3H3,(H,26,30)/t17-/m0/s1. The van der Waals surface area contributed by atoms with Crippen LogP contribution >= 0.6 is 27.5 Å². The molecule has 1 N–H and O–H groups in total. The number of nitrogens with zero attached hydrogens (tertiary/aromatic N) is 2. The minimum Gasteiger partial charge on any atom is -0.354 e. The summed E-state index contributed by atoms with van der Waals surface area (Å²) in [6, 6.07) is 12.8. The van der Waals surface area contributed by atoms with Gasteiger partial charge in [0.25, 0.3) is 0 Å². The van der Waals surface area contributed by atoms with Crippen LogP contribution < -0.4 is 9.62 Å². The number of sulfonamides is 1. The predicted molar refractivity (Wildman–Crippen MR) is 136 cm³/mol. The van der Waals surface area contributed by atoms with E-state index in [1.54, 1.807) is 55.5 Å². The Bertz CT molecular complexity index is 1060. The van der Waals surface area contributed by atoms with Gasteiger partial charge in [-0.05, 0) is 55.3 Å². The van der Waals surface area contributed by atoms with Crippen LogP contribution in [-0.2, 0) is 26.2 Å². The fourth-order valence-electron chi connectivity index (χ4n) is 3.17. The second-order valence-electron chi connectivity index (χ2n) is 7.72. The number of amides is 2. The van der Waals surface area contributed by atoms with Gasteiger partial charge in [0.2, 0.25) is 21.8 Å². The van der Waals surface area contributed by atoms with Gasteiger partial charge < -0.3 is 10.2 Å². The molecule has 0 aromatic heterocycles. The van der Waals surface area contributed by atoms with E-state index >= 15 is 0 Å². The molecule has 0 aliphatic carbocycles. The Balaban J connectivity index is 2.33. The maximum atomic E-state index is 13.4. The van der Waals surface area contributed by atoms with E-state index in [0.717, 1.165) is 33.4 Å². The number of rotatable bonds is 11. The predicted octanol–water partition coefficient (Wildman–Crippen LogP) is 4.20. The molecule has 7 nitrogen and oxygen atoms in total. The SMILES string of the molecule is CCCCNC(=O)[C@H](C)N(Cc1cccc(Cl)c1)C(=O)CN(c1ccc(Br)cc1)S(C)(=O)=O. The zero-order valence-corrected chi connectivity index (χ0v) is 22.1. The minimum absolute atomic E-state index is 0.111. The molecule has 2 aromatic carbocycles. The van der Waals surface area contributed by atoms with E-state index < -0.39 is 28.5 Å². The van der Waals surface area contributed by atoms with Crippen molar-refractivity contribution in [3.63, 3.8) is 0 Å². The quantitative estimate of drug-likeness (QED) is 0.419. The van der Waals surface area contributed by atoms with Gasteiger partial charge in [-0.3, -0.25) is 13.9 Å². The Morgan fingerprint density at radius 2 is 1.82 bits per heavy atom. The van der Waals surface area contributed by atoms with E-state index in [0.29, 0.717) is 17.3 Å². The number of carbonyl (C=O) groups excluding carboxylic acids is 2. The number of nitrogens with one attached hydrogen (secondary N) is 1. The van der Waals surface area contributed by atoms with E-state index in [9.17, 15) is 18.0 Å². The van der Waals surface area contributed by atoms with E-state index in [1.165, 1.54) is 4.90 Å². The largest absolute Gasteiger partial charge is 0.354 e. The topological polar surface area (TPSA) is 86.8 Å². The van der Waals surface area contributed by atoms with Gasteiger partial charge in [-0.1, -0.05) is 53.0 Å². The highest BCUT2D eigenvalue weighted by molar-refractivity contribution is 9.10. The molecule has 0 saturated carbocycles. The summed E-state index contributed by atoms with van der Waals surface area (Å²) in [6.45, 7) is 3.83. The Morgan fingerprint density at radius 1 is 1.15 bits per heavy atom. The van der Waals surface area contributed by atoms with Crippen molar-refractivity contribution in [3.05, 3.63) is 63.6 Å². The molecule has 10 heteroatoms. The molecule has 2 amide bonds. The maximum Gasteiger partial charge on any atom is 0.244 e. The first kappa shape index (κ1) is 27.1. The van der Waals surface area contributed by atoms with Crippen LogP contribution in [0.3, 0.4) is 0 Å². The summed E-state index contributed by atoms with van der Waals surface area (Å²) in [5.41, 5.74) is 1.09. The third kappa shape index (κ3) is 8.32. The number of halogens is 2. The van der Waals surface area contributed by atoms with Gasteiger partial charge in [-0.15, -0.1) is 0 Å². The van der Waals surface area contributed by atoms with Crippen LogP contribution in [0, 0.1) is 0 Å². The van der Waals surface area contributed by atoms with Crippen molar-refractivity contribution in [2.45, 2.75) is 39.3 Å². The van der Waals surface area contributed by atoms with Crippen molar-refractivity contribution < 1.29 is 18.0 Å². The molecule has 180 valence electrons. The Morgan fingerprint density at radius 3 is 2.39 bits per heavy atom. The van der Waals surface area contributed by atoms with Crippen molar-refractivity contribution in [3.8, 4) is 0 Å². The fraction of sp³-hybridized carbons (Fsp3) is 0.391. The van der Waals surface area contributed by atoms with Crippen LogP contribution in [-0.4, -0.2) is 50.5 Å². The van der Waals surface area contributed by atoms with Crippen LogP contribution in [0.1, 0.15) is 32.3 Å². The smallest absolute Gasteiger partial charge is 0.244 e. The summed E-state index contributed by atoms with van der Waals surface area (Å²) in [6.07, 6.45) is 2.80. The monoisotopic (exact) mass is 557 g/mol. The highest BCUT2D eigenvalue weighted by Gasteiger charge is 2.30. The first-order valence-electron chi connectivity index (χ1n) is 10.6. The average molecular weight is 559 g/mol. The number of carbonyl (C=O) groups is 2. The lowest BCUT2D eigenvalue weighted by atomic mass is 10.1. The van der Waals surface area contributed by atoms with Gasteiger partial charge in [0.15, 0.2) is 0 Å². The summed E-state index contributed by atoms with van der Waals surface area (Å²) >= 11 is 9.42. The lowest BCUT2D eigenvalue weighted by molar-refractivity contribution is -0.139. The van der Waals surface area contributed by atoms with Crippen molar-refractivity contribution in [2.75, 3.05) is 23.7 Å². The second kappa shape index (κ2) is 12.4. The van der Waals surface area contributed by atoms with E-state index in [2.05, 4.69) is 21.2 Å². The van der Waals surface area contributed by atoms with Crippen molar-refractivity contribution in [2.24, 2.45) is 0 Å². The molecule has 0 fully saturated rings. The van der Waals surface area contributed by atoms with E-state index in [4.69, 9.17) is 11.6 Å². The van der Waals surface area contributed by atoms with Gasteiger partial charge in [-0.2, -0.15) is 0 Å². The molecule has 0 aliphatic rings. The number of anilines is 1. The number of hydrogen-bond donors (Lipinski definition) is 1. The average Bonchev–Trinajstić information content (AvgIpc) is 2.75. The van der Waals surface area contributed by atoms with Crippen LogP contribution in [0.2, 0.25) is 5.02 Å². The van der Waals surface area contributed by atoms with E-state index in [1.807, 2.05) is 6.92 Å². The van der Waals surface area contributed by atoms with Crippen LogP contribution in [0.15, 0.2) is 53.0 Å². The van der Waals surface area contributed by atoms with E-state index in [-0.39, 0.29) is 12.5 Å². The normalized spacial score (nSPS) is 12.2. The fourth-order valence-corrected chi connectivity index (χ4v) is 4.50. The molecule has 0 spiro atoms. The molecular formula is C23H29BrClN3O4S. The zero-order chi connectivity index (χ0) is 24.6. The van der Waals surface area contributed by atoms with Crippen molar-refractivity contribution in [1.82, 2.24) is 10.2 Å². The van der Waals surface area contributed by atoms with Gasteiger partial charge in [0.1, 0.15) is 12.6 Å². The molecule has 0 radical (unpaired) electrons. The van der Waals surface area contributed by atoms with Crippen molar-refractivity contribution >= 4 is 55.1 Å². The van der Waals surface area contributed by atoms with Gasteiger partial charge in [0, 0.05) is 22.6 Å². The Kier molecular flexibility index (Phi) is 10.2. The summed E-state index contributed by atoms with van der Waals surface area (Å²) < 4.78 is 26.8. The Labute approximate surface area is 209 Å². The second-order valence-corrected chi connectivity index (χ2v) is 11.0. The number of hydrogen-bond acceptors (Lipinski definition) is 4. The zero-order valence-electron chi connectivity index (χ0n) is 18.9. The van der Waals surface area contributed by atoms with Gasteiger partial charge in [-0.25, -0.2) is 8.42 Å². The van der Waals surface area contributed by atoms with Crippen LogP contribution in [0.4, 0.5) is 5.69 Å². The third-order valence-corrected chi connectivity index (χ3v) is 6.94. The first-order valence-corrected chi connectivity index (χ1v) is 13.6. The van der Waals surface area contributed by atoms with Gasteiger partial charge in [0.05, 0.1) is 11.9 Å². The van der Waals surface area contributed by atoms with Crippen LogP contribution in [0.25, 0.3) is 0 Å². The molecule has 0 bridgehead atoms. The van der Waals surface area contributed by atoms with Crippen LogP contribution in [0.5, 0.6) is 0 Å². The highest BCUT2D eigenvalue weighted by atomic mass is 79.9. The third-order valence-electron chi connectivity index (χ3n) is 5.03. The molecule has 2 rings (SSSR count). The Hall–Kier alpha value is -2.10. The number of benzene rings is 2. The lowest BCUT2D eigenvalue weighted by Gasteiger charge is -2.31. The molecule has 0 saturated heterocycles. The molecule has 2 aromatic rings. The minimum atomic E-state index is -3.75. The highest BCUT2D eigenvalue weighted by Crippen LogP contribution is 2.22. The molecular weight excluding hydrogens is 530 g/mol. The molecule has 0 aliphatic heterocycles. The summed E-state index contributed by atoms with van der Waals surface area (Å²) in [7, 11) is -3.75. The molecule has 0 unspecified atom stereocenters. The maximum absolute atomic E-state index is 13.4. The van der Waals surface area contributed by atoms with Gasteiger partial charge >= 0.3 is 0 Å². The first-order chi connectivity index (χ1) is 15.5. The summed E-state index contributed by atoms with van der Waals surface area (Å²) in [5, 5.41) is 3.35. The van der Waals surface area contributed by atoms with Crippen molar-refractivity contribution in [1.29, 1.82) is 0 Å². The summed E-state index contributed by atoms with van der Waals surface area (Å²) in [4.78, 5) is 27.5. The molecule has 33 heavy (non-hydrogen) atoms. The lowest BCUT2D eigenvalue weighted by Crippen LogP contribution is -2.51. The molecule has 1 atom stereocenters.